The number of carbonyl (C=O) groups excluding carboxylic acids is 1. The molecule has 3 heteroatoms. The van der Waals surface area contributed by atoms with E-state index in [1.807, 2.05) is 18.2 Å². The maximum atomic E-state index is 10.3. The monoisotopic (exact) mass is 219 g/mol. The van der Waals surface area contributed by atoms with Crippen molar-refractivity contribution in [2.24, 2.45) is 0 Å². The smallest absolute Gasteiger partial charge is 0.122 e. The van der Waals surface area contributed by atoms with Crippen LogP contribution in [0.1, 0.15) is 24.5 Å². The van der Waals surface area contributed by atoms with E-state index in [0.717, 1.165) is 35.8 Å². The molecule has 0 bridgehead atoms. The van der Waals surface area contributed by atoms with Gasteiger partial charge in [0.15, 0.2) is 0 Å². The lowest BCUT2D eigenvalue weighted by Gasteiger charge is -2.08. The third-order valence-corrected chi connectivity index (χ3v) is 2.24. The van der Waals surface area contributed by atoms with Crippen molar-refractivity contribution in [2.75, 3.05) is 7.11 Å². The first kappa shape index (κ1) is 12.3. The van der Waals surface area contributed by atoms with Crippen molar-refractivity contribution in [3.8, 4) is 5.75 Å². The predicted molar refractivity (Wildman–Crippen MR) is 61.0 cm³/mol. The molecule has 0 radical (unpaired) electrons. The number of carbonyl (C=O) groups is 1. The minimum Gasteiger partial charge on any atom is -0.545 e. The van der Waals surface area contributed by atoms with Gasteiger partial charge in [-0.05, 0) is 35.8 Å². The summed E-state index contributed by atoms with van der Waals surface area (Å²) in [6.45, 7) is 2.09. The third kappa shape index (κ3) is 3.42. The van der Waals surface area contributed by atoms with E-state index in [4.69, 9.17) is 4.74 Å². The molecular weight excluding hydrogens is 204 g/mol. The van der Waals surface area contributed by atoms with Gasteiger partial charge in [-0.25, -0.2) is 0 Å². The fourth-order valence-corrected chi connectivity index (χ4v) is 1.53. The summed E-state index contributed by atoms with van der Waals surface area (Å²) in [5.74, 6) is -0.347. The molecular formula is C13H15O3-. The highest BCUT2D eigenvalue weighted by molar-refractivity contribution is 5.83. The van der Waals surface area contributed by atoms with E-state index in [0.29, 0.717) is 0 Å². The van der Waals surface area contributed by atoms with Crippen molar-refractivity contribution in [3.05, 3.63) is 35.4 Å². The molecule has 0 spiro atoms. The van der Waals surface area contributed by atoms with Crippen LogP contribution < -0.4 is 9.84 Å². The van der Waals surface area contributed by atoms with Crippen molar-refractivity contribution < 1.29 is 14.6 Å². The highest BCUT2D eigenvalue weighted by Gasteiger charge is 2.01. The lowest BCUT2D eigenvalue weighted by molar-refractivity contribution is -0.297. The van der Waals surface area contributed by atoms with Gasteiger partial charge in [0.25, 0.3) is 0 Å². The van der Waals surface area contributed by atoms with Gasteiger partial charge in [0.2, 0.25) is 0 Å². The first-order chi connectivity index (χ1) is 7.67. The molecule has 0 aliphatic carbocycles. The number of benzene rings is 1. The maximum Gasteiger partial charge on any atom is 0.122 e. The number of carboxylic acid groups (broad SMARTS) is 1. The van der Waals surface area contributed by atoms with Gasteiger partial charge in [0.1, 0.15) is 5.75 Å². The summed E-state index contributed by atoms with van der Waals surface area (Å²) in [7, 11) is 1.63. The van der Waals surface area contributed by atoms with Gasteiger partial charge < -0.3 is 14.6 Å². The van der Waals surface area contributed by atoms with Crippen molar-refractivity contribution in [2.45, 2.75) is 19.8 Å². The second-order valence-electron chi connectivity index (χ2n) is 3.47. The Kier molecular flexibility index (Phi) is 4.58. The molecule has 0 heterocycles. The second kappa shape index (κ2) is 5.95. The Hall–Kier alpha value is -1.77. The standard InChI is InChI=1S/C13H16O3/c1-3-4-11-9-10(6-8-13(14)15)5-7-12(11)16-2/h5-9H,3-4H2,1-2H3,(H,14,15)/p-1/b8-6+. The van der Waals surface area contributed by atoms with E-state index in [2.05, 4.69) is 6.92 Å². The van der Waals surface area contributed by atoms with E-state index in [9.17, 15) is 9.90 Å². The summed E-state index contributed by atoms with van der Waals surface area (Å²) < 4.78 is 5.23. The Labute approximate surface area is 95.4 Å². The van der Waals surface area contributed by atoms with Crippen LogP contribution in [0, 0.1) is 0 Å². The molecule has 0 saturated heterocycles. The number of hydrogen-bond acceptors (Lipinski definition) is 3. The minimum absolute atomic E-state index is 0.840. The van der Waals surface area contributed by atoms with Crippen LogP contribution in [0.25, 0.3) is 6.08 Å². The number of rotatable bonds is 5. The van der Waals surface area contributed by atoms with Gasteiger partial charge in [-0.3, -0.25) is 0 Å². The molecule has 0 amide bonds. The largest absolute Gasteiger partial charge is 0.545 e. The topological polar surface area (TPSA) is 49.4 Å². The molecule has 16 heavy (non-hydrogen) atoms. The zero-order valence-corrected chi connectivity index (χ0v) is 9.53. The Morgan fingerprint density at radius 2 is 2.25 bits per heavy atom. The molecule has 86 valence electrons. The fourth-order valence-electron chi connectivity index (χ4n) is 1.53. The Morgan fingerprint density at radius 3 is 2.81 bits per heavy atom. The minimum atomic E-state index is -1.19. The van der Waals surface area contributed by atoms with Crippen molar-refractivity contribution in [1.29, 1.82) is 0 Å². The van der Waals surface area contributed by atoms with Crippen LogP contribution >= 0.6 is 0 Å². The summed E-state index contributed by atoms with van der Waals surface area (Å²) in [4.78, 5) is 10.3. The van der Waals surface area contributed by atoms with Crippen LogP contribution in [0.3, 0.4) is 0 Å². The molecule has 0 atom stereocenters. The normalized spacial score (nSPS) is 10.6. The van der Waals surface area contributed by atoms with E-state index >= 15 is 0 Å². The maximum absolute atomic E-state index is 10.3. The summed E-state index contributed by atoms with van der Waals surface area (Å²) in [6, 6.07) is 5.60. The first-order valence-electron chi connectivity index (χ1n) is 5.23. The molecule has 0 aliphatic rings. The Morgan fingerprint density at radius 1 is 1.50 bits per heavy atom. The highest BCUT2D eigenvalue weighted by Crippen LogP contribution is 2.21. The summed E-state index contributed by atoms with van der Waals surface area (Å²) >= 11 is 0. The SMILES string of the molecule is CCCc1cc(/C=C/C(=O)[O-])ccc1OC. The van der Waals surface area contributed by atoms with E-state index in [1.54, 1.807) is 7.11 Å². The van der Waals surface area contributed by atoms with Gasteiger partial charge in [0, 0.05) is 0 Å². The van der Waals surface area contributed by atoms with Crippen LogP contribution in [0.4, 0.5) is 0 Å². The van der Waals surface area contributed by atoms with Crippen LogP contribution in [0.2, 0.25) is 0 Å². The molecule has 0 aliphatic heterocycles. The average molecular weight is 219 g/mol. The molecule has 0 aromatic heterocycles. The van der Waals surface area contributed by atoms with Crippen LogP contribution in [0.5, 0.6) is 5.75 Å². The molecule has 1 aromatic carbocycles. The van der Waals surface area contributed by atoms with Gasteiger partial charge in [0.05, 0.1) is 13.1 Å². The predicted octanol–water partition coefficient (Wildman–Crippen LogP) is 1.41. The molecule has 3 nitrogen and oxygen atoms in total. The van der Waals surface area contributed by atoms with Crippen molar-refractivity contribution >= 4 is 12.0 Å². The molecule has 1 rings (SSSR count). The number of hydrogen-bond donors (Lipinski definition) is 0. The molecule has 0 fully saturated rings. The van der Waals surface area contributed by atoms with E-state index < -0.39 is 5.97 Å². The fraction of sp³-hybridized carbons (Fsp3) is 0.308. The number of aliphatic carboxylic acids is 1. The Bertz CT molecular complexity index is 394. The van der Waals surface area contributed by atoms with Crippen LogP contribution in [0.15, 0.2) is 24.3 Å². The molecule has 0 unspecified atom stereocenters. The van der Waals surface area contributed by atoms with Gasteiger partial charge in [-0.2, -0.15) is 0 Å². The van der Waals surface area contributed by atoms with Gasteiger partial charge in [-0.1, -0.05) is 25.5 Å². The lowest BCUT2D eigenvalue weighted by Crippen LogP contribution is -2.18. The highest BCUT2D eigenvalue weighted by atomic mass is 16.5. The number of ether oxygens (including phenoxy) is 1. The summed E-state index contributed by atoms with van der Waals surface area (Å²) in [5, 5.41) is 10.3. The molecule has 1 aromatic rings. The van der Waals surface area contributed by atoms with Crippen molar-refractivity contribution in [3.63, 3.8) is 0 Å². The first-order valence-corrected chi connectivity index (χ1v) is 5.23. The quantitative estimate of drug-likeness (QED) is 0.703. The lowest BCUT2D eigenvalue weighted by atomic mass is 10.1. The summed E-state index contributed by atoms with van der Waals surface area (Å²) in [6.07, 6.45) is 4.48. The third-order valence-electron chi connectivity index (χ3n) is 2.24. The zero-order valence-electron chi connectivity index (χ0n) is 9.53. The van der Waals surface area contributed by atoms with Crippen LogP contribution in [-0.4, -0.2) is 13.1 Å². The zero-order chi connectivity index (χ0) is 12.0. The number of aryl methyl sites for hydroxylation is 1. The second-order valence-corrected chi connectivity index (χ2v) is 3.47. The number of carboxylic acids is 1. The Balaban J connectivity index is 2.96. The van der Waals surface area contributed by atoms with E-state index in [-0.39, 0.29) is 0 Å². The average Bonchev–Trinajstić information content (AvgIpc) is 2.27. The van der Waals surface area contributed by atoms with E-state index in [1.165, 1.54) is 6.08 Å². The van der Waals surface area contributed by atoms with Gasteiger partial charge in [-0.15, -0.1) is 0 Å². The van der Waals surface area contributed by atoms with Crippen molar-refractivity contribution in [1.82, 2.24) is 0 Å². The molecule has 0 N–H and O–H groups in total. The van der Waals surface area contributed by atoms with Gasteiger partial charge >= 0.3 is 0 Å². The number of methoxy groups -OCH3 is 1. The summed E-state index contributed by atoms with van der Waals surface area (Å²) in [5.41, 5.74) is 1.93. The molecule has 0 saturated carbocycles. The van der Waals surface area contributed by atoms with Crippen LogP contribution in [-0.2, 0) is 11.2 Å².